The molecule has 1 atom stereocenters. The van der Waals surface area contributed by atoms with Gasteiger partial charge in [0.2, 0.25) is 0 Å². The van der Waals surface area contributed by atoms with Crippen LogP contribution in [0.1, 0.15) is 23.6 Å². The molecule has 1 saturated heterocycles. The van der Waals surface area contributed by atoms with Crippen LogP contribution >= 0.6 is 23.4 Å². The summed E-state index contributed by atoms with van der Waals surface area (Å²) in [6.07, 6.45) is 2.73. The Labute approximate surface area is 207 Å². The van der Waals surface area contributed by atoms with Crippen molar-refractivity contribution in [3.05, 3.63) is 93.1 Å². The Hall–Kier alpha value is -3.16. The number of thioether (sulfide) groups is 1. The summed E-state index contributed by atoms with van der Waals surface area (Å²) in [5.74, 6) is 0.271. The van der Waals surface area contributed by atoms with Gasteiger partial charge in [0, 0.05) is 5.69 Å². The molecule has 0 saturated carbocycles. The summed E-state index contributed by atoms with van der Waals surface area (Å²) in [4.78, 5) is 13.1. The molecule has 2 N–H and O–H groups in total. The van der Waals surface area contributed by atoms with Crippen LogP contribution in [0, 0.1) is 5.82 Å². The lowest BCUT2D eigenvalue weighted by Gasteiger charge is -2.14. The minimum Gasteiger partial charge on any atom is -0.493 e. The first-order valence-electron chi connectivity index (χ1n) is 10.7. The van der Waals surface area contributed by atoms with Gasteiger partial charge >= 0.3 is 0 Å². The number of rotatable bonds is 8. The van der Waals surface area contributed by atoms with Crippen molar-refractivity contribution in [2.75, 3.05) is 12.4 Å². The molecular weight excluding hydrogens is 475 g/mol. The van der Waals surface area contributed by atoms with Gasteiger partial charge in [0.25, 0.3) is 5.91 Å². The number of benzene rings is 3. The molecule has 0 radical (unpaired) electrons. The van der Waals surface area contributed by atoms with Crippen LogP contribution in [0.3, 0.4) is 0 Å². The second-order valence-corrected chi connectivity index (χ2v) is 9.18. The zero-order valence-corrected chi connectivity index (χ0v) is 20.3. The molecule has 8 heteroatoms. The first-order valence-corrected chi connectivity index (χ1v) is 12.0. The first-order chi connectivity index (χ1) is 16.4. The molecule has 1 heterocycles. The van der Waals surface area contributed by atoms with Gasteiger partial charge in [-0.15, -0.1) is 0 Å². The van der Waals surface area contributed by atoms with E-state index >= 15 is 0 Å². The highest BCUT2D eigenvalue weighted by Gasteiger charge is 2.27. The van der Waals surface area contributed by atoms with Crippen LogP contribution in [0.4, 0.5) is 10.1 Å². The number of ether oxygens (including phenoxy) is 2. The largest absolute Gasteiger partial charge is 0.493 e. The van der Waals surface area contributed by atoms with Crippen molar-refractivity contribution in [1.29, 1.82) is 0 Å². The average molecular weight is 499 g/mol. The summed E-state index contributed by atoms with van der Waals surface area (Å²) in [5, 5.41) is 6.56. The molecule has 3 aromatic rings. The van der Waals surface area contributed by atoms with Crippen LogP contribution in [-0.4, -0.2) is 18.5 Å². The Bertz CT molecular complexity index is 1220. The minimum absolute atomic E-state index is 0.138. The molecule has 0 spiro atoms. The Kier molecular flexibility index (Phi) is 7.65. The van der Waals surface area contributed by atoms with E-state index < -0.39 is 0 Å². The van der Waals surface area contributed by atoms with Crippen LogP contribution in [0.15, 0.2) is 65.6 Å². The van der Waals surface area contributed by atoms with Crippen molar-refractivity contribution in [2.45, 2.75) is 25.4 Å². The summed E-state index contributed by atoms with van der Waals surface area (Å²) in [6.45, 7) is 2.25. The van der Waals surface area contributed by atoms with Gasteiger partial charge in [-0.05, 0) is 65.6 Å². The molecule has 3 aromatic carbocycles. The van der Waals surface area contributed by atoms with E-state index in [4.69, 9.17) is 21.1 Å². The molecule has 34 heavy (non-hydrogen) atoms. The number of nitrogens with one attached hydrogen (secondary N) is 2. The quantitative estimate of drug-likeness (QED) is 0.360. The van der Waals surface area contributed by atoms with Crippen molar-refractivity contribution in [3.63, 3.8) is 0 Å². The van der Waals surface area contributed by atoms with Crippen molar-refractivity contribution < 1.29 is 18.7 Å². The van der Waals surface area contributed by atoms with Gasteiger partial charge in [-0.2, -0.15) is 0 Å². The number of amides is 1. The summed E-state index contributed by atoms with van der Waals surface area (Å²) >= 11 is 7.85. The molecule has 0 aromatic heterocycles. The highest BCUT2D eigenvalue weighted by Crippen LogP contribution is 2.39. The molecule has 176 valence electrons. The van der Waals surface area contributed by atoms with Gasteiger partial charge in [-0.1, -0.05) is 54.6 Å². The topological polar surface area (TPSA) is 59.6 Å². The molecular formula is C26H24ClFN2O3S. The van der Waals surface area contributed by atoms with Crippen LogP contribution in [0.5, 0.6) is 11.5 Å². The number of anilines is 1. The standard InChI is InChI=1S/C26H24ClFN2O3S/c1-3-16-7-9-20(10-8-16)29-26-30-25(31)23(34-26)14-18-12-21(27)24(22(13-18)32-2)33-15-17-5-4-6-19(28)11-17/h4-14,26,29H,3,15H2,1-2H3,(H,30,31)/b23-14-/t26-/m0/s1. The fourth-order valence-electron chi connectivity index (χ4n) is 3.45. The molecule has 1 fully saturated rings. The van der Waals surface area contributed by atoms with E-state index in [-0.39, 0.29) is 23.8 Å². The second kappa shape index (κ2) is 10.8. The minimum atomic E-state index is -0.334. The van der Waals surface area contributed by atoms with Crippen molar-refractivity contribution in [3.8, 4) is 11.5 Å². The summed E-state index contributed by atoms with van der Waals surface area (Å²) in [7, 11) is 1.51. The van der Waals surface area contributed by atoms with E-state index in [1.165, 1.54) is 36.6 Å². The lowest BCUT2D eigenvalue weighted by molar-refractivity contribution is -0.116. The van der Waals surface area contributed by atoms with E-state index in [1.807, 2.05) is 12.1 Å². The third-order valence-electron chi connectivity index (χ3n) is 5.21. The highest BCUT2D eigenvalue weighted by atomic mass is 35.5. The maximum Gasteiger partial charge on any atom is 0.260 e. The maximum atomic E-state index is 13.4. The molecule has 0 bridgehead atoms. The highest BCUT2D eigenvalue weighted by molar-refractivity contribution is 8.05. The van der Waals surface area contributed by atoms with E-state index in [9.17, 15) is 9.18 Å². The predicted octanol–water partition coefficient (Wildman–Crippen LogP) is 6.23. The lowest BCUT2D eigenvalue weighted by atomic mass is 10.1. The van der Waals surface area contributed by atoms with Gasteiger partial charge in [0.15, 0.2) is 17.0 Å². The average Bonchev–Trinajstić information content (AvgIpc) is 3.16. The Morgan fingerprint density at radius 1 is 1.15 bits per heavy atom. The van der Waals surface area contributed by atoms with E-state index in [2.05, 4.69) is 29.7 Å². The number of hydrogen-bond acceptors (Lipinski definition) is 5. The molecule has 1 aliphatic heterocycles. The fourth-order valence-corrected chi connectivity index (χ4v) is 4.71. The van der Waals surface area contributed by atoms with Crippen LogP contribution in [0.2, 0.25) is 5.02 Å². The van der Waals surface area contributed by atoms with Crippen molar-refractivity contribution in [2.24, 2.45) is 0 Å². The number of methoxy groups -OCH3 is 1. The number of aryl methyl sites for hydroxylation is 1. The third-order valence-corrected chi connectivity index (χ3v) is 6.52. The van der Waals surface area contributed by atoms with Gasteiger partial charge in [0.05, 0.1) is 17.0 Å². The lowest BCUT2D eigenvalue weighted by Crippen LogP contribution is -2.30. The van der Waals surface area contributed by atoms with Gasteiger partial charge in [0.1, 0.15) is 12.4 Å². The smallest absolute Gasteiger partial charge is 0.260 e. The SMILES string of the molecule is CCc1ccc(N[C@H]2NC(=O)/C(=C/c3cc(Cl)c(OCc4cccc(F)c4)c(OC)c3)S2)cc1. The molecule has 1 aliphatic rings. The molecule has 1 amide bonds. The van der Waals surface area contributed by atoms with Crippen molar-refractivity contribution in [1.82, 2.24) is 5.32 Å². The monoisotopic (exact) mass is 498 g/mol. The predicted molar refractivity (Wildman–Crippen MR) is 136 cm³/mol. The zero-order valence-electron chi connectivity index (χ0n) is 18.7. The number of carbonyl (C=O) groups excluding carboxylic acids is 1. The summed E-state index contributed by atoms with van der Waals surface area (Å²) < 4.78 is 24.7. The Morgan fingerprint density at radius 2 is 1.94 bits per heavy atom. The molecule has 0 unspecified atom stereocenters. The number of halogens is 2. The van der Waals surface area contributed by atoms with Gasteiger partial charge in [-0.25, -0.2) is 4.39 Å². The van der Waals surface area contributed by atoms with Gasteiger partial charge < -0.3 is 20.1 Å². The van der Waals surface area contributed by atoms with E-state index in [0.29, 0.717) is 32.6 Å². The Balaban J connectivity index is 1.47. The van der Waals surface area contributed by atoms with Crippen LogP contribution in [-0.2, 0) is 17.8 Å². The first kappa shape index (κ1) is 24.0. The third kappa shape index (κ3) is 5.85. The fraction of sp³-hybridized carbons (Fsp3) is 0.192. The van der Waals surface area contributed by atoms with Crippen molar-refractivity contribution >= 4 is 41.0 Å². The summed E-state index contributed by atoms with van der Waals surface area (Å²) in [5.41, 5.74) is 3.28. The Morgan fingerprint density at radius 3 is 2.65 bits per heavy atom. The molecule has 0 aliphatic carbocycles. The number of hydrogen-bond donors (Lipinski definition) is 2. The van der Waals surface area contributed by atoms with Crippen LogP contribution < -0.4 is 20.1 Å². The number of carbonyl (C=O) groups is 1. The van der Waals surface area contributed by atoms with Gasteiger partial charge in [-0.3, -0.25) is 4.79 Å². The molecule has 4 rings (SSSR count). The maximum absolute atomic E-state index is 13.4. The normalized spacial score (nSPS) is 16.4. The summed E-state index contributed by atoms with van der Waals surface area (Å²) in [6, 6.07) is 17.7. The van der Waals surface area contributed by atoms with E-state index in [1.54, 1.807) is 30.3 Å². The zero-order chi connectivity index (χ0) is 24.1. The van der Waals surface area contributed by atoms with E-state index in [0.717, 1.165) is 12.1 Å². The molecule has 5 nitrogen and oxygen atoms in total. The van der Waals surface area contributed by atoms with Crippen LogP contribution in [0.25, 0.3) is 6.08 Å². The second-order valence-electron chi connectivity index (χ2n) is 7.63.